The Morgan fingerprint density at radius 2 is 1.17 bits per heavy atom. The van der Waals surface area contributed by atoms with Gasteiger partial charge in [0.1, 0.15) is 5.60 Å². The molecule has 0 heterocycles. The lowest BCUT2D eigenvalue weighted by atomic mass is 9.93. The fraction of sp³-hybridized carbons (Fsp3) is 0.0870. The van der Waals surface area contributed by atoms with Crippen molar-refractivity contribution in [3.8, 4) is 22.3 Å². The van der Waals surface area contributed by atoms with Gasteiger partial charge >= 0.3 is 0 Å². The van der Waals surface area contributed by atoms with E-state index in [2.05, 4.69) is 48.7 Å². The second-order valence-electron chi connectivity index (χ2n) is 6.02. The van der Waals surface area contributed by atoms with Gasteiger partial charge in [-0.15, -0.1) is 5.73 Å². The lowest BCUT2D eigenvalue weighted by Gasteiger charge is -2.18. The summed E-state index contributed by atoms with van der Waals surface area (Å²) in [5.74, 6) is 0. The van der Waals surface area contributed by atoms with Crippen molar-refractivity contribution in [2.75, 3.05) is 0 Å². The summed E-state index contributed by atoms with van der Waals surface area (Å²) in [6.45, 7) is 5.26. The quantitative estimate of drug-likeness (QED) is 0.624. The molecule has 1 unspecified atom stereocenters. The molecule has 0 fully saturated rings. The average Bonchev–Trinajstić information content (AvgIpc) is 2.63. The molecule has 1 N–H and O–H groups in total. The second kappa shape index (κ2) is 6.72. The monoisotopic (exact) mass is 312 g/mol. The normalized spacial score (nSPS) is 12.9. The first kappa shape index (κ1) is 16.0. The minimum absolute atomic E-state index is 0.823. The van der Waals surface area contributed by atoms with Crippen LogP contribution in [-0.2, 0) is 5.60 Å². The van der Waals surface area contributed by atoms with E-state index in [9.17, 15) is 5.11 Å². The maximum Gasteiger partial charge on any atom is 0.112 e. The van der Waals surface area contributed by atoms with Crippen molar-refractivity contribution >= 4 is 0 Å². The van der Waals surface area contributed by atoms with Crippen molar-refractivity contribution in [2.24, 2.45) is 0 Å². The molecule has 3 aromatic carbocycles. The molecule has 0 radical (unpaired) electrons. The predicted molar refractivity (Wildman–Crippen MR) is 101 cm³/mol. The van der Waals surface area contributed by atoms with Crippen LogP contribution in [0.1, 0.15) is 12.5 Å². The highest BCUT2D eigenvalue weighted by Gasteiger charge is 2.18. The average molecular weight is 312 g/mol. The third-order valence-corrected chi connectivity index (χ3v) is 4.18. The Hall–Kier alpha value is -2.86. The molecule has 0 aliphatic carbocycles. The zero-order valence-electron chi connectivity index (χ0n) is 13.7. The van der Waals surface area contributed by atoms with E-state index in [0.717, 1.165) is 16.7 Å². The van der Waals surface area contributed by atoms with Gasteiger partial charge in [0.2, 0.25) is 0 Å². The summed E-state index contributed by atoms with van der Waals surface area (Å²) >= 11 is 0. The summed E-state index contributed by atoms with van der Waals surface area (Å²) < 4.78 is 0. The Bertz CT molecular complexity index is 850. The van der Waals surface area contributed by atoms with Crippen LogP contribution in [0.5, 0.6) is 0 Å². The second-order valence-corrected chi connectivity index (χ2v) is 6.02. The van der Waals surface area contributed by atoms with E-state index in [0.29, 0.717) is 0 Å². The molecular weight excluding hydrogens is 292 g/mol. The Balaban J connectivity index is 1.86. The molecule has 118 valence electrons. The molecule has 1 heteroatoms. The highest BCUT2D eigenvalue weighted by Crippen LogP contribution is 2.27. The van der Waals surface area contributed by atoms with Crippen LogP contribution in [0.25, 0.3) is 22.3 Å². The van der Waals surface area contributed by atoms with E-state index in [1.165, 1.54) is 11.1 Å². The van der Waals surface area contributed by atoms with Crippen LogP contribution in [0.15, 0.2) is 97.2 Å². The molecule has 3 rings (SSSR count). The predicted octanol–water partition coefficient (Wildman–Crippen LogP) is 5.57. The van der Waals surface area contributed by atoms with Crippen LogP contribution in [0.3, 0.4) is 0 Å². The minimum atomic E-state index is -1.04. The van der Waals surface area contributed by atoms with E-state index in [-0.39, 0.29) is 0 Å². The van der Waals surface area contributed by atoms with Crippen LogP contribution in [-0.4, -0.2) is 5.11 Å². The zero-order valence-corrected chi connectivity index (χ0v) is 13.7. The van der Waals surface area contributed by atoms with E-state index < -0.39 is 5.60 Å². The third-order valence-electron chi connectivity index (χ3n) is 4.18. The van der Waals surface area contributed by atoms with Gasteiger partial charge in [0.05, 0.1) is 0 Å². The van der Waals surface area contributed by atoms with E-state index in [1.807, 2.05) is 42.5 Å². The van der Waals surface area contributed by atoms with Gasteiger partial charge < -0.3 is 5.11 Å². The highest BCUT2D eigenvalue weighted by molar-refractivity contribution is 5.70. The number of hydrogen-bond donors (Lipinski definition) is 1. The van der Waals surface area contributed by atoms with Crippen LogP contribution < -0.4 is 0 Å². The molecule has 3 aromatic rings. The van der Waals surface area contributed by atoms with E-state index in [4.69, 9.17) is 0 Å². The molecule has 0 spiro atoms. The fourth-order valence-electron chi connectivity index (χ4n) is 2.77. The molecule has 0 aliphatic rings. The van der Waals surface area contributed by atoms with Gasteiger partial charge in [0, 0.05) is 0 Å². The van der Waals surface area contributed by atoms with Gasteiger partial charge in [-0.3, -0.25) is 0 Å². The van der Waals surface area contributed by atoms with Gasteiger partial charge in [0.25, 0.3) is 0 Å². The van der Waals surface area contributed by atoms with Gasteiger partial charge in [-0.2, -0.15) is 0 Å². The topological polar surface area (TPSA) is 20.2 Å². The highest BCUT2D eigenvalue weighted by atomic mass is 16.3. The Morgan fingerprint density at radius 1 is 0.750 bits per heavy atom. The standard InChI is InChI=1S/C23H20O/c1-3-17-23(2,24)22-15-13-21(14-16-22)20-11-9-19(10-12-20)18-7-5-4-6-8-18/h4-17,24H,1H2,2H3. The molecule has 1 nitrogen and oxygen atoms in total. The van der Waals surface area contributed by atoms with Crippen LogP contribution in [0, 0.1) is 0 Å². The maximum atomic E-state index is 10.4. The summed E-state index contributed by atoms with van der Waals surface area (Å²) in [5.41, 5.74) is 7.12. The fourth-order valence-corrected chi connectivity index (χ4v) is 2.77. The third kappa shape index (κ3) is 3.38. The number of hydrogen-bond acceptors (Lipinski definition) is 1. The molecule has 0 amide bonds. The lowest BCUT2D eigenvalue weighted by Crippen LogP contribution is -2.16. The SMILES string of the molecule is C=C=CC(C)(O)c1ccc(-c2ccc(-c3ccccc3)cc2)cc1. The van der Waals surface area contributed by atoms with Crippen LogP contribution in [0.4, 0.5) is 0 Å². The molecule has 24 heavy (non-hydrogen) atoms. The van der Waals surface area contributed by atoms with Gasteiger partial charge in [-0.25, -0.2) is 0 Å². The molecule has 0 saturated heterocycles. The van der Waals surface area contributed by atoms with Gasteiger partial charge in [-0.05, 0) is 40.8 Å². The summed E-state index contributed by atoms with van der Waals surface area (Å²) in [7, 11) is 0. The van der Waals surface area contributed by atoms with Crippen molar-refractivity contribution in [3.05, 3.63) is 103 Å². The first-order valence-corrected chi connectivity index (χ1v) is 7.96. The molecule has 0 aromatic heterocycles. The lowest BCUT2D eigenvalue weighted by molar-refractivity contribution is 0.111. The molecule has 0 saturated carbocycles. The summed E-state index contributed by atoms with van der Waals surface area (Å²) in [4.78, 5) is 0. The summed E-state index contributed by atoms with van der Waals surface area (Å²) in [5, 5.41) is 10.4. The number of aliphatic hydroxyl groups is 1. The Labute approximate surface area is 143 Å². The van der Waals surface area contributed by atoms with E-state index in [1.54, 1.807) is 13.0 Å². The van der Waals surface area contributed by atoms with Crippen molar-refractivity contribution < 1.29 is 5.11 Å². The number of benzene rings is 3. The Morgan fingerprint density at radius 3 is 1.62 bits per heavy atom. The smallest absolute Gasteiger partial charge is 0.112 e. The van der Waals surface area contributed by atoms with Crippen molar-refractivity contribution in [1.82, 2.24) is 0 Å². The Kier molecular flexibility index (Phi) is 4.48. The van der Waals surface area contributed by atoms with Gasteiger partial charge in [0.15, 0.2) is 0 Å². The maximum absolute atomic E-state index is 10.4. The first-order valence-electron chi connectivity index (χ1n) is 7.96. The van der Waals surface area contributed by atoms with Crippen LogP contribution in [0.2, 0.25) is 0 Å². The zero-order chi connectivity index (χ0) is 17.0. The van der Waals surface area contributed by atoms with Crippen molar-refractivity contribution in [2.45, 2.75) is 12.5 Å². The summed E-state index contributed by atoms with van der Waals surface area (Å²) in [6.07, 6.45) is 1.57. The van der Waals surface area contributed by atoms with Crippen molar-refractivity contribution in [1.29, 1.82) is 0 Å². The molecule has 1 atom stereocenters. The van der Waals surface area contributed by atoms with Crippen LogP contribution >= 0.6 is 0 Å². The first-order chi connectivity index (χ1) is 11.6. The summed E-state index contributed by atoms with van der Waals surface area (Å²) in [6, 6.07) is 26.8. The molecular formula is C23H20O. The minimum Gasteiger partial charge on any atom is -0.381 e. The van der Waals surface area contributed by atoms with Crippen molar-refractivity contribution in [3.63, 3.8) is 0 Å². The molecule has 0 bridgehead atoms. The largest absolute Gasteiger partial charge is 0.381 e. The van der Waals surface area contributed by atoms with E-state index >= 15 is 0 Å². The van der Waals surface area contributed by atoms with Gasteiger partial charge in [-0.1, -0.05) is 85.4 Å². The molecule has 0 aliphatic heterocycles. The number of rotatable bonds is 4.